The van der Waals surface area contributed by atoms with Crippen LogP contribution in [0.1, 0.15) is 36.5 Å². The quantitative estimate of drug-likeness (QED) is 0.705. The van der Waals surface area contributed by atoms with E-state index in [1.54, 1.807) is 41.3 Å². The molecule has 3 aliphatic heterocycles. The molecule has 5 rings (SSSR count). The van der Waals surface area contributed by atoms with Crippen LogP contribution in [-0.2, 0) is 19.4 Å². The Morgan fingerprint density at radius 2 is 1.75 bits per heavy atom. The normalized spacial score (nSPS) is 21.8. The summed E-state index contributed by atoms with van der Waals surface area (Å²) in [6, 6.07) is 11.3. The van der Waals surface area contributed by atoms with E-state index in [9.17, 15) is 18.0 Å². The zero-order chi connectivity index (χ0) is 22.3. The fraction of sp³-hybridized carbons (Fsp3) is 0.391. The van der Waals surface area contributed by atoms with Gasteiger partial charge in [-0.15, -0.1) is 0 Å². The Bertz CT molecular complexity index is 1170. The van der Waals surface area contributed by atoms with Crippen molar-refractivity contribution < 1.29 is 27.5 Å². The number of ether oxygens (including phenoxy) is 2. The molecule has 168 valence electrons. The molecular formula is C23H24N2O6S. The average Bonchev–Trinajstić information content (AvgIpc) is 3.26. The van der Waals surface area contributed by atoms with Crippen molar-refractivity contribution >= 4 is 27.3 Å². The number of carbonyl (C=O) groups excluding carboxylic acids is 2. The third-order valence-corrected chi connectivity index (χ3v) is 8.42. The van der Waals surface area contributed by atoms with Crippen molar-refractivity contribution in [3.8, 4) is 11.5 Å². The van der Waals surface area contributed by atoms with Crippen LogP contribution in [0.25, 0.3) is 0 Å². The summed E-state index contributed by atoms with van der Waals surface area (Å²) in [5.41, 5.74) is 0.715. The third-order valence-electron chi connectivity index (χ3n) is 6.27. The van der Waals surface area contributed by atoms with Crippen molar-refractivity contribution in [3.05, 3.63) is 48.0 Å². The van der Waals surface area contributed by atoms with Gasteiger partial charge >= 0.3 is 0 Å². The molecule has 0 spiro atoms. The predicted molar refractivity (Wildman–Crippen MR) is 116 cm³/mol. The van der Waals surface area contributed by atoms with Gasteiger partial charge in [0.05, 0.1) is 15.8 Å². The lowest BCUT2D eigenvalue weighted by molar-refractivity contribution is -0.132. The Kier molecular flexibility index (Phi) is 5.28. The van der Waals surface area contributed by atoms with Crippen LogP contribution in [0.3, 0.4) is 0 Å². The Labute approximate surface area is 186 Å². The van der Waals surface area contributed by atoms with Crippen LogP contribution in [0, 0.1) is 0 Å². The van der Waals surface area contributed by atoms with Gasteiger partial charge in [0.2, 0.25) is 18.6 Å². The fourth-order valence-electron chi connectivity index (χ4n) is 4.55. The molecule has 2 amide bonds. The summed E-state index contributed by atoms with van der Waals surface area (Å²) in [5, 5.41) is -1.08. The Morgan fingerprint density at radius 1 is 1.00 bits per heavy atom. The van der Waals surface area contributed by atoms with Gasteiger partial charge in [0.25, 0.3) is 0 Å². The molecule has 3 heterocycles. The van der Waals surface area contributed by atoms with Gasteiger partial charge in [-0.1, -0.05) is 18.2 Å². The minimum Gasteiger partial charge on any atom is -0.454 e. The average molecular weight is 457 g/mol. The molecule has 2 aromatic rings. The molecule has 3 aliphatic rings. The maximum Gasteiger partial charge on any atom is 0.242 e. The maximum absolute atomic E-state index is 13.7. The summed E-state index contributed by atoms with van der Waals surface area (Å²) in [7, 11) is -3.90. The number of sulfone groups is 1. The highest BCUT2D eigenvalue weighted by molar-refractivity contribution is 7.92. The van der Waals surface area contributed by atoms with Gasteiger partial charge in [0.1, 0.15) is 6.54 Å². The maximum atomic E-state index is 13.7. The molecule has 0 radical (unpaired) electrons. The molecule has 8 nitrogen and oxygen atoms in total. The highest BCUT2D eigenvalue weighted by Crippen LogP contribution is 2.43. The SMILES string of the molecule is O=C(CN1C(=O)CC(c2ccc3c(c2)OCO3)S(=O)(=O)c2ccccc21)N1CCCCC1. The molecule has 1 fully saturated rings. The second kappa shape index (κ2) is 8.12. The van der Waals surface area contributed by atoms with Gasteiger partial charge in [-0.05, 0) is 49.1 Å². The number of hydrogen-bond acceptors (Lipinski definition) is 6. The van der Waals surface area contributed by atoms with Crippen LogP contribution in [0.5, 0.6) is 11.5 Å². The summed E-state index contributed by atoms with van der Waals surface area (Å²) >= 11 is 0. The van der Waals surface area contributed by atoms with Crippen molar-refractivity contribution in [2.75, 3.05) is 31.3 Å². The van der Waals surface area contributed by atoms with Gasteiger partial charge in [-0.2, -0.15) is 0 Å². The number of hydrogen-bond donors (Lipinski definition) is 0. The summed E-state index contributed by atoms with van der Waals surface area (Å²) in [5.74, 6) is 0.443. The van der Waals surface area contributed by atoms with E-state index in [0.717, 1.165) is 19.3 Å². The number of piperidine rings is 1. The molecule has 0 saturated carbocycles. The number of nitrogens with zero attached hydrogens (tertiary/aromatic N) is 2. The summed E-state index contributed by atoms with van der Waals surface area (Å²) in [4.78, 5) is 29.4. The van der Waals surface area contributed by atoms with Gasteiger partial charge in [-0.3, -0.25) is 9.59 Å². The number of para-hydroxylation sites is 1. The number of fused-ring (bicyclic) bond motifs is 2. The molecule has 32 heavy (non-hydrogen) atoms. The van der Waals surface area contributed by atoms with Crippen molar-refractivity contribution in [2.24, 2.45) is 0 Å². The monoisotopic (exact) mass is 456 g/mol. The van der Waals surface area contributed by atoms with Crippen LogP contribution in [0.4, 0.5) is 5.69 Å². The second-order valence-electron chi connectivity index (χ2n) is 8.24. The van der Waals surface area contributed by atoms with Crippen LogP contribution in [0.2, 0.25) is 0 Å². The first-order valence-electron chi connectivity index (χ1n) is 10.8. The zero-order valence-electron chi connectivity index (χ0n) is 17.5. The number of carbonyl (C=O) groups is 2. The van der Waals surface area contributed by atoms with E-state index in [0.29, 0.717) is 30.2 Å². The molecule has 0 aliphatic carbocycles. The van der Waals surface area contributed by atoms with Crippen molar-refractivity contribution in [3.63, 3.8) is 0 Å². The first-order valence-corrected chi connectivity index (χ1v) is 12.3. The Morgan fingerprint density at radius 3 is 2.56 bits per heavy atom. The van der Waals surface area contributed by atoms with Gasteiger partial charge in [0.15, 0.2) is 21.3 Å². The molecule has 0 bridgehead atoms. The van der Waals surface area contributed by atoms with Crippen molar-refractivity contribution in [2.45, 2.75) is 35.8 Å². The van der Waals surface area contributed by atoms with Gasteiger partial charge in [0, 0.05) is 19.5 Å². The number of anilines is 1. The van der Waals surface area contributed by atoms with E-state index in [1.807, 2.05) is 0 Å². The molecule has 0 aromatic heterocycles. The number of amides is 2. The van der Waals surface area contributed by atoms with Gasteiger partial charge < -0.3 is 19.3 Å². The molecule has 1 atom stereocenters. The lowest BCUT2D eigenvalue weighted by Gasteiger charge is -2.30. The Balaban J connectivity index is 1.52. The highest BCUT2D eigenvalue weighted by atomic mass is 32.2. The summed E-state index contributed by atoms with van der Waals surface area (Å²) < 4.78 is 38.0. The van der Waals surface area contributed by atoms with E-state index in [4.69, 9.17) is 9.47 Å². The van der Waals surface area contributed by atoms with Gasteiger partial charge in [-0.25, -0.2) is 8.42 Å². The lowest BCUT2D eigenvalue weighted by atomic mass is 10.1. The van der Waals surface area contributed by atoms with E-state index < -0.39 is 21.0 Å². The molecule has 1 unspecified atom stereocenters. The summed E-state index contributed by atoms with van der Waals surface area (Å²) in [6.45, 7) is 1.24. The zero-order valence-corrected chi connectivity index (χ0v) is 18.3. The highest BCUT2D eigenvalue weighted by Gasteiger charge is 2.40. The number of likely N-dealkylation sites (tertiary alicyclic amines) is 1. The first kappa shape index (κ1) is 20.8. The largest absolute Gasteiger partial charge is 0.454 e. The topological polar surface area (TPSA) is 93.2 Å². The van der Waals surface area contributed by atoms with Crippen LogP contribution < -0.4 is 14.4 Å². The molecule has 9 heteroatoms. The molecular weight excluding hydrogens is 432 g/mol. The second-order valence-corrected chi connectivity index (χ2v) is 10.3. The fourth-order valence-corrected chi connectivity index (χ4v) is 6.46. The molecule has 2 aromatic carbocycles. The van der Waals surface area contributed by atoms with Crippen LogP contribution in [0.15, 0.2) is 47.4 Å². The van der Waals surface area contributed by atoms with E-state index >= 15 is 0 Å². The smallest absolute Gasteiger partial charge is 0.242 e. The number of benzene rings is 2. The Hall–Kier alpha value is -3.07. The number of rotatable bonds is 3. The minimum absolute atomic E-state index is 0.0555. The molecule has 0 N–H and O–H groups in total. The molecule has 1 saturated heterocycles. The minimum atomic E-state index is -3.90. The predicted octanol–water partition coefficient (Wildman–Crippen LogP) is 2.68. The summed E-state index contributed by atoms with van der Waals surface area (Å²) in [6.07, 6.45) is 2.71. The van der Waals surface area contributed by atoms with E-state index in [2.05, 4.69) is 0 Å². The van der Waals surface area contributed by atoms with E-state index in [-0.39, 0.29) is 36.2 Å². The first-order chi connectivity index (χ1) is 15.4. The van der Waals surface area contributed by atoms with Crippen molar-refractivity contribution in [1.29, 1.82) is 0 Å². The van der Waals surface area contributed by atoms with Crippen molar-refractivity contribution in [1.82, 2.24) is 4.90 Å². The van der Waals surface area contributed by atoms with Crippen LogP contribution in [-0.4, -0.2) is 51.6 Å². The standard InChI is InChI=1S/C23H24N2O6S/c26-22-13-21(16-8-9-18-19(12-16)31-15-30-18)32(28,29)20-7-3-2-6-17(20)25(22)14-23(27)24-10-4-1-5-11-24/h2-3,6-9,12,21H,1,4-5,10-11,13-15H2. The third kappa shape index (κ3) is 3.60. The lowest BCUT2D eigenvalue weighted by Crippen LogP contribution is -2.44. The van der Waals surface area contributed by atoms with E-state index in [1.165, 1.54) is 11.0 Å². The van der Waals surface area contributed by atoms with Crippen LogP contribution >= 0.6 is 0 Å².